The largest absolute Gasteiger partial charge is 0.345 e. The molecule has 0 spiro atoms. The highest BCUT2D eigenvalue weighted by Gasteiger charge is 2.19. The molecule has 2 rings (SSSR count). The highest BCUT2D eigenvalue weighted by atomic mass is 35.5. The highest BCUT2D eigenvalue weighted by molar-refractivity contribution is 6.30. The van der Waals surface area contributed by atoms with Crippen LogP contribution in [0.1, 0.15) is 37.4 Å². The molecular formula is C22H29ClN3O2+. The third-order valence-electron chi connectivity index (χ3n) is 4.59. The van der Waals surface area contributed by atoms with Gasteiger partial charge in [0.15, 0.2) is 13.1 Å². The Kier molecular flexibility index (Phi) is 8.48. The summed E-state index contributed by atoms with van der Waals surface area (Å²) in [4.78, 5) is 25.9. The van der Waals surface area contributed by atoms with Crippen molar-refractivity contribution >= 4 is 29.1 Å². The van der Waals surface area contributed by atoms with E-state index in [1.54, 1.807) is 0 Å². The fourth-order valence-corrected chi connectivity index (χ4v) is 3.21. The van der Waals surface area contributed by atoms with Crippen molar-refractivity contribution in [2.45, 2.75) is 33.2 Å². The lowest BCUT2D eigenvalue weighted by Crippen LogP contribution is -3.14. The molecule has 2 aromatic carbocycles. The number of aryl methyl sites for hydroxylation is 1. The van der Waals surface area contributed by atoms with Crippen LogP contribution in [0.5, 0.6) is 0 Å². The van der Waals surface area contributed by atoms with Crippen LogP contribution < -0.4 is 15.5 Å². The molecule has 0 aliphatic carbocycles. The molecule has 2 aromatic rings. The first kappa shape index (κ1) is 21.9. The Labute approximate surface area is 172 Å². The Hall–Kier alpha value is -2.37. The third kappa shape index (κ3) is 6.98. The second-order valence-corrected chi connectivity index (χ2v) is 7.49. The molecule has 6 heteroatoms. The van der Waals surface area contributed by atoms with Crippen LogP contribution in [0.15, 0.2) is 48.5 Å². The zero-order valence-corrected chi connectivity index (χ0v) is 17.5. The van der Waals surface area contributed by atoms with Gasteiger partial charge in [-0.15, -0.1) is 0 Å². The number of quaternary nitrogens is 1. The van der Waals surface area contributed by atoms with Gasteiger partial charge in [-0.1, -0.05) is 48.9 Å². The predicted octanol–water partition coefficient (Wildman–Crippen LogP) is 2.76. The van der Waals surface area contributed by atoms with Gasteiger partial charge in [0.05, 0.1) is 12.6 Å². The minimum absolute atomic E-state index is 0.0745. The second-order valence-electron chi connectivity index (χ2n) is 7.06. The van der Waals surface area contributed by atoms with Crippen molar-refractivity contribution in [1.82, 2.24) is 5.32 Å². The highest BCUT2D eigenvalue weighted by Crippen LogP contribution is 2.15. The minimum Gasteiger partial charge on any atom is -0.345 e. The van der Waals surface area contributed by atoms with E-state index in [9.17, 15) is 9.59 Å². The first-order valence-corrected chi connectivity index (χ1v) is 10.0. The van der Waals surface area contributed by atoms with Gasteiger partial charge in [0.25, 0.3) is 11.8 Å². The Bertz CT molecular complexity index is 793. The van der Waals surface area contributed by atoms with E-state index in [1.807, 2.05) is 69.3 Å². The zero-order chi connectivity index (χ0) is 20.5. The third-order valence-corrected chi connectivity index (χ3v) is 4.84. The molecule has 2 amide bonds. The van der Waals surface area contributed by atoms with Crippen molar-refractivity contribution in [3.05, 3.63) is 64.7 Å². The molecule has 5 nitrogen and oxygen atoms in total. The standard InChI is InChI=1S/C22H28ClN3O2/c1-4-13-26(15-22(28)25-20-8-6-5-7-16(20)2)14-21(27)24-17(3)18-9-11-19(23)12-10-18/h5-12,17H,4,13-15H2,1-3H3,(H,24,27)(H,25,28)/p+1/t17-/m0/s1. The number of amides is 2. The van der Waals surface area contributed by atoms with Crippen molar-refractivity contribution < 1.29 is 14.5 Å². The van der Waals surface area contributed by atoms with E-state index in [0.717, 1.165) is 34.7 Å². The molecule has 2 atom stereocenters. The number of hydrogen-bond donors (Lipinski definition) is 3. The van der Waals surface area contributed by atoms with Crippen LogP contribution in [0.3, 0.4) is 0 Å². The van der Waals surface area contributed by atoms with Crippen molar-refractivity contribution in [2.75, 3.05) is 25.0 Å². The maximum absolute atomic E-state index is 12.5. The van der Waals surface area contributed by atoms with E-state index in [4.69, 9.17) is 11.6 Å². The van der Waals surface area contributed by atoms with Gasteiger partial charge in [0, 0.05) is 10.7 Å². The number of anilines is 1. The summed E-state index contributed by atoms with van der Waals surface area (Å²) in [5.41, 5.74) is 2.82. The maximum Gasteiger partial charge on any atom is 0.279 e. The molecule has 0 bridgehead atoms. The quantitative estimate of drug-likeness (QED) is 0.604. The second kappa shape index (κ2) is 10.8. The number of nitrogens with one attached hydrogen (secondary N) is 3. The molecule has 150 valence electrons. The lowest BCUT2D eigenvalue weighted by molar-refractivity contribution is -0.883. The van der Waals surface area contributed by atoms with Gasteiger partial charge < -0.3 is 15.5 Å². The van der Waals surface area contributed by atoms with E-state index >= 15 is 0 Å². The Morgan fingerprint density at radius 1 is 1.04 bits per heavy atom. The molecule has 0 heterocycles. The maximum atomic E-state index is 12.5. The number of benzene rings is 2. The molecule has 1 unspecified atom stereocenters. The van der Waals surface area contributed by atoms with Gasteiger partial charge in [-0.2, -0.15) is 0 Å². The lowest BCUT2D eigenvalue weighted by atomic mass is 10.1. The number of hydrogen-bond acceptors (Lipinski definition) is 2. The normalized spacial score (nSPS) is 12.9. The van der Waals surface area contributed by atoms with Crippen molar-refractivity contribution in [2.24, 2.45) is 0 Å². The van der Waals surface area contributed by atoms with E-state index in [0.29, 0.717) is 5.02 Å². The molecule has 0 fully saturated rings. The predicted molar refractivity (Wildman–Crippen MR) is 114 cm³/mol. The average molecular weight is 403 g/mol. The molecule has 0 aliphatic rings. The van der Waals surface area contributed by atoms with Crippen LogP contribution in [-0.4, -0.2) is 31.4 Å². The topological polar surface area (TPSA) is 62.6 Å². The van der Waals surface area contributed by atoms with Crippen LogP contribution in [0.4, 0.5) is 5.69 Å². The summed E-state index contributed by atoms with van der Waals surface area (Å²) in [6, 6.07) is 15.0. The van der Waals surface area contributed by atoms with E-state index < -0.39 is 0 Å². The van der Waals surface area contributed by atoms with Gasteiger partial charge >= 0.3 is 0 Å². The summed E-state index contributed by atoms with van der Waals surface area (Å²) < 4.78 is 0. The van der Waals surface area contributed by atoms with Crippen LogP contribution >= 0.6 is 11.6 Å². The van der Waals surface area contributed by atoms with Gasteiger partial charge in [-0.05, 0) is 49.6 Å². The number of rotatable bonds is 9. The lowest BCUT2D eigenvalue weighted by Gasteiger charge is -2.20. The molecule has 3 N–H and O–H groups in total. The number of para-hydroxylation sites is 1. The molecule has 0 saturated carbocycles. The van der Waals surface area contributed by atoms with Crippen molar-refractivity contribution in [3.8, 4) is 0 Å². The van der Waals surface area contributed by atoms with Gasteiger partial charge in [0.2, 0.25) is 0 Å². The molecular weight excluding hydrogens is 374 g/mol. The summed E-state index contributed by atoms with van der Waals surface area (Å²) in [6.07, 6.45) is 0.896. The Morgan fingerprint density at radius 2 is 1.68 bits per heavy atom. The summed E-state index contributed by atoms with van der Waals surface area (Å²) in [5.74, 6) is -0.161. The van der Waals surface area contributed by atoms with Crippen molar-refractivity contribution in [1.29, 1.82) is 0 Å². The smallest absolute Gasteiger partial charge is 0.279 e. The molecule has 0 radical (unpaired) electrons. The number of carbonyl (C=O) groups is 2. The van der Waals surface area contributed by atoms with Crippen LogP contribution in [0.2, 0.25) is 5.02 Å². The molecule has 28 heavy (non-hydrogen) atoms. The zero-order valence-electron chi connectivity index (χ0n) is 16.7. The summed E-state index contributed by atoms with van der Waals surface area (Å²) >= 11 is 5.91. The minimum atomic E-state index is -0.117. The van der Waals surface area contributed by atoms with Gasteiger partial charge in [-0.3, -0.25) is 9.59 Å². The SMILES string of the molecule is CCC[NH+](CC(=O)Nc1ccccc1C)CC(=O)N[C@@H](C)c1ccc(Cl)cc1. The van der Waals surface area contributed by atoms with Gasteiger partial charge in [-0.25, -0.2) is 0 Å². The monoisotopic (exact) mass is 402 g/mol. The fraction of sp³-hybridized carbons (Fsp3) is 0.364. The summed E-state index contributed by atoms with van der Waals surface area (Å²) in [7, 11) is 0. The molecule has 0 aromatic heterocycles. The van der Waals surface area contributed by atoms with Crippen LogP contribution in [0, 0.1) is 6.92 Å². The first-order valence-electron chi connectivity index (χ1n) is 9.63. The van der Waals surface area contributed by atoms with E-state index in [-0.39, 0.29) is 30.9 Å². The number of carbonyl (C=O) groups excluding carboxylic acids is 2. The first-order chi connectivity index (χ1) is 13.4. The van der Waals surface area contributed by atoms with Gasteiger partial charge in [0.1, 0.15) is 0 Å². The summed E-state index contributed by atoms with van der Waals surface area (Å²) in [6.45, 7) is 7.21. The summed E-state index contributed by atoms with van der Waals surface area (Å²) in [5, 5.41) is 6.61. The Morgan fingerprint density at radius 3 is 2.32 bits per heavy atom. The fourth-order valence-electron chi connectivity index (χ4n) is 3.08. The Balaban J connectivity index is 1.90. The van der Waals surface area contributed by atoms with E-state index in [1.165, 1.54) is 0 Å². The number of halogens is 1. The van der Waals surface area contributed by atoms with Crippen LogP contribution in [-0.2, 0) is 9.59 Å². The van der Waals surface area contributed by atoms with Crippen LogP contribution in [0.25, 0.3) is 0 Å². The van der Waals surface area contributed by atoms with Crippen molar-refractivity contribution in [3.63, 3.8) is 0 Å². The average Bonchev–Trinajstić information content (AvgIpc) is 2.64. The van der Waals surface area contributed by atoms with E-state index in [2.05, 4.69) is 10.6 Å². The molecule has 0 saturated heterocycles. The molecule has 0 aliphatic heterocycles.